The lowest BCUT2D eigenvalue weighted by Gasteiger charge is -2.18. The minimum atomic E-state index is -1.05. The van der Waals surface area contributed by atoms with Gasteiger partial charge in [0.2, 0.25) is 12.1 Å². The first kappa shape index (κ1) is 16.9. The highest BCUT2D eigenvalue weighted by Crippen LogP contribution is 2.27. The van der Waals surface area contributed by atoms with Gasteiger partial charge in [-0.05, 0) is 31.5 Å². The van der Waals surface area contributed by atoms with E-state index in [2.05, 4.69) is 0 Å². The zero-order chi connectivity index (χ0) is 15.1. The van der Waals surface area contributed by atoms with E-state index in [1.165, 1.54) is 6.07 Å². The van der Waals surface area contributed by atoms with E-state index in [9.17, 15) is 10.1 Å². The van der Waals surface area contributed by atoms with Crippen LogP contribution in [0.3, 0.4) is 0 Å². The number of nitrogens with zero attached hydrogens (tertiary/aromatic N) is 1. The monoisotopic (exact) mass is 315 g/mol. The Kier molecular flexibility index (Phi) is 6.97. The Morgan fingerprint density at radius 3 is 2.30 bits per heavy atom. The minimum Gasteiger partial charge on any atom is -0.346 e. The van der Waals surface area contributed by atoms with Crippen molar-refractivity contribution < 1.29 is 14.3 Å². The maximum absolute atomic E-state index is 12.3. The van der Waals surface area contributed by atoms with Gasteiger partial charge >= 0.3 is 0 Å². The van der Waals surface area contributed by atoms with Gasteiger partial charge in [-0.25, -0.2) is 0 Å². The Bertz CT molecular complexity index is 508. The number of rotatable bonds is 7. The maximum Gasteiger partial charge on any atom is 0.219 e. The molecular weight excluding hydrogens is 301 g/mol. The van der Waals surface area contributed by atoms with Gasteiger partial charge in [0.1, 0.15) is 5.92 Å². The van der Waals surface area contributed by atoms with Crippen LogP contribution in [0.5, 0.6) is 0 Å². The quantitative estimate of drug-likeness (QED) is 0.722. The summed E-state index contributed by atoms with van der Waals surface area (Å²) in [5.41, 5.74) is 0.469. The van der Waals surface area contributed by atoms with Crippen LogP contribution < -0.4 is 0 Å². The van der Waals surface area contributed by atoms with Crippen LogP contribution in [0.4, 0.5) is 0 Å². The van der Waals surface area contributed by atoms with Gasteiger partial charge in [-0.2, -0.15) is 5.26 Å². The molecule has 1 aromatic carbocycles. The Morgan fingerprint density at radius 2 is 1.85 bits per heavy atom. The van der Waals surface area contributed by atoms with Crippen LogP contribution in [0.25, 0.3) is 0 Å². The average Bonchev–Trinajstić information content (AvgIpc) is 2.43. The first-order valence-electron chi connectivity index (χ1n) is 6.16. The van der Waals surface area contributed by atoms with Crippen LogP contribution in [-0.2, 0) is 14.3 Å². The van der Waals surface area contributed by atoms with Gasteiger partial charge in [0.05, 0.1) is 16.1 Å². The molecule has 0 amide bonds. The second kappa shape index (κ2) is 8.23. The Balaban J connectivity index is 3.02. The Labute approximate surface area is 128 Å². The summed E-state index contributed by atoms with van der Waals surface area (Å²) in [6.07, 6.45) is -1.05. The molecule has 20 heavy (non-hydrogen) atoms. The van der Waals surface area contributed by atoms with Crippen molar-refractivity contribution in [3.05, 3.63) is 33.8 Å². The first-order chi connectivity index (χ1) is 9.54. The second-order valence-electron chi connectivity index (χ2n) is 3.88. The van der Waals surface area contributed by atoms with E-state index in [1.54, 1.807) is 26.0 Å². The van der Waals surface area contributed by atoms with Crippen molar-refractivity contribution in [1.82, 2.24) is 0 Å². The summed E-state index contributed by atoms with van der Waals surface area (Å²) in [6.45, 7) is 4.13. The normalized spacial score (nSPS) is 12.2. The van der Waals surface area contributed by atoms with Crippen molar-refractivity contribution >= 4 is 29.0 Å². The number of carbonyl (C=O) groups is 1. The number of Topliss-reactive ketones (excluding diaryl/α,β-unsaturated/α-hetero) is 1. The second-order valence-corrected chi connectivity index (χ2v) is 4.70. The number of halogens is 2. The molecule has 6 heteroatoms. The van der Waals surface area contributed by atoms with Gasteiger partial charge in [0, 0.05) is 13.2 Å². The third-order valence-electron chi connectivity index (χ3n) is 2.56. The highest BCUT2D eigenvalue weighted by molar-refractivity contribution is 6.42. The van der Waals surface area contributed by atoms with E-state index < -0.39 is 18.0 Å². The SMILES string of the molecule is CCOC(OCC)C(=O)C(C#N)c1ccc(Cl)c(Cl)c1. The first-order valence-corrected chi connectivity index (χ1v) is 6.92. The molecule has 0 aliphatic carbocycles. The summed E-state index contributed by atoms with van der Waals surface area (Å²) in [7, 11) is 0. The molecule has 0 aliphatic heterocycles. The van der Waals surface area contributed by atoms with Crippen molar-refractivity contribution in [2.24, 2.45) is 0 Å². The maximum atomic E-state index is 12.3. The predicted molar refractivity (Wildman–Crippen MR) is 76.9 cm³/mol. The summed E-state index contributed by atoms with van der Waals surface area (Å²) in [6, 6.07) is 6.60. The van der Waals surface area contributed by atoms with E-state index in [1.807, 2.05) is 6.07 Å². The smallest absolute Gasteiger partial charge is 0.219 e. The van der Waals surface area contributed by atoms with Crippen LogP contribution in [0.1, 0.15) is 25.3 Å². The van der Waals surface area contributed by atoms with Crippen molar-refractivity contribution in [2.45, 2.75) is 26.1 Å². The van der Waals surface area contributed by atoms with Crippen molar-refractivity contribution in [3.63, 3.8) is 0 Å². The van der Waals surface area contributed by atoms with Gasteiger partial charge in [0.15, 0.2) is 0 Å². The fourth-order valence-corrected chi connectivity index (χ4v) is 1.95. The number of ketones is 1. The van der Waals surface area contributed by atoms with Gasteiger partial charge < -0.3 is 9.47 Å². The van der Waals surface area contributed by atoms with Crippen LogP contribution in [0.2, 0.25) is 10.0 Å². The standard InChI is InChI=1S/C14H15Cl2NO3/c1-3-19-14(20-4-2)13(18)10(8-17)9-5-6-11(15)12(16)7-9/h5-7,10,14H,3-4H2,1-2H3. The van der Waals surface area contributed by atoms with E-state index in [4.69, 9.17) is 32.7 Å². The van der Waals surface area contributed by atoms with Crippen LogP contribution in [-0.4, -0.2) is 25.3 Å². The van der Waals surface area contributed by atoms with E-state index in [0.717, 1.165) is 0 Å². The number of ether oxygens (including phenoxy) is 2. The van der Waals surface area contributed by atoms with Gasteiger partial charge in [-0.15, -0.1) is 0 Å². The summed E-state index contributed by atoms with van der Waals surface area (Å²) < 4.78 is 10.4. The fraction of sp³-hybridized carbons (Fsp3) is 0.429. The Hall–Kier alpha value is -1.12. The van der Waals surface area contributed by atoms with E-state index in [0.29, 0.717) is 28.8 Å². The minimum absolute atomic E-state index is 0.293. The number of nitriles is 1. The molecule has 0 aromatic heterocycles. The summed E-state index contributed by atoms with van der Waals surface area (Å²) >= 11 is 11.7. The Morgan fingerprint density at radius 1 is 1.25 bits per heavy atom. The molecular formula is C14H15Cl2NO3. The van der Waals surface area contributed by atoms with Crippen molar-refractivity contribution in [3.8, 4) is 6.07 Å². The number of hydrogen-bond acceptors (Lipinski definition) is 4. The molecule has 0 saturated carbocycles. The molecule has 0 spiro atoms. The van der Waals surface area contributed by atoms with Crippen LogP contribution in [0.15, 0.2) is 18.2 Å². The van der Waals surface area contributed by atoms with Gasteiger partial charge in [-0.3, -0.25) is 4.79 Å². The zero-order valence-electron chi connectivity index (χ0n) is 11.2. The molecule has 1 unspecified atom stereocenters. The molecule has 0 bridgehead atoms. The predicted octanol–water partition coefficient (Wildman–Crippen LogP) is 3.57. The molecule has 1 rings (SSSR count). The summed E-state index contributed by atoms with van der Waals surface area (Å²) in [5.74, 6) is -1.46. The molecule has 0 N–H and O–H groups in total. The molecule has 0 radical (unpaired) electrons. The highest BCUT2D eigenvalue weighted by atomic mass is 35.5. The molecule has 0 heterocycles. The molecule has 0 saturated heterocycles. The van der Waals surface area contributed by atoms with Crippen molar-refractivity contribution in [1.29, 1.82) is 5.26 Å². The topological polar surface area (TPSA) is 59.3 Å². The van der Waals surface area contributed by atoms with E-state index >= 15 is 0 Å². The largest absolute Gasteiger partial charge is 0.346 e. The lowest BCUT2D eigenvalue weighted by molar-refractivity contribution is -0.168. The van der Waals surface area contributed by atoms with E-state index in [-0.39, 0.29) is 0 Å². The van der Waals surface area contributed by atoms with Gasteiger partial charge in [0.25, 0.3) is 0 Å². The van der Waals surface area contributed by atoms with Gasteiger partial charge in [-0.1, -0.05) is 29.3 Å². The molecule has 0 fully saturated rings. The molecule has 1 aromatic rings. The molecule has 0 aliphatic rings. The van der Waals surface area contributed by atoms with Crippen LogP contribution in [0, 0.1) is 11.3 Å². The zero-order valence-corrected chi connectivity index (χ0v) is 12.7. The van der Waals surface area contributed by atoms with Crippen LogP contribution >= 0.6 is 23.2 Å². The summed E-state index contributed by atoms with van der Waals surface area (Å²) in [5, 5.41) is 9.90. The number of benzene rings is 1. The molecule has 4 nitrogen and oxygen atoms in total. The third kappa shape index (κ3) is 4.19. The lowest BCUT2D eigenvalue weighted by Crippen LogP contribution is -2.31. The third-order valence-corrected chi connectivity index (χ3v) is 3.30. The fourth-order valence-electron chi connectivity index (χ4n) is 1.65. The van der Waals surface area contributed by atoms with Crippen molar-refractivity contribution in [2.75, 3.05) is 13.2 Å². The number of carbonyl (C=O) groups excluding carboxylic acids is 1. The number of hydrogen-bond donors (Lipinski definition) is 0. The molecule has 1 atom stereocenters. The average molecular weight is 316 g/mol. The lowest BCUT2D eigenvalue weighted by atomic mass is 9.96. The summed E-state index contributed by atoms with van der Waals surface area (Å²) in [4.78, 5) is 12.3. The molecule has 108 valence electrons. The highest BCUT2D eigenvalue weighted by Gasteiger charge is 2.29.